The summed E-state index contributed by atoms with van der Waals surface area (Å²) in [5.41, 5.74) is 0.896. The van der Waals surface area contributed by atoms with E-state index in [9.17, 15) is 14.0 Å². The van der Waals surface area contributed by atoms with Gasteiger partial charge in [-0.1, -0.05) is 42.5 Å². The molecule has 0 saturated heterocycles. The SMILES string of the molecule is CN(C)C[C@@H](NC(=O)CNC(=O)c1ccccc1F)c1ccccc1. The first-order chi connectivity index (χ1) is 12.0. The Hall–Kier alpha value is -2.73. The van der Waals surface area contributed by atoms with Crippen molar-refractivity contribution in [1.29, 1.82) is 0 Å². The fourth-order valence-electron chi connectivity index (χ4n) is 2.43. The molecule has 2 amide bonds. The van der Waals surface area contributed by atoms with Crippen LogP contribution in [0.2, 0.25) is 0 Å². The molecule has 132 valence electrons. The fourth-order valence-corrected chi connectivity index (χ4v) is 2.43. The molecule has 0 fully saturated rings. The minimum absolute atomic E-state index is 0.0804. The number of hydrogen-bond donors (Lipinski definition) is 2. The molecule has 0 bridgehead atoms. The van der Waals surface area contributed by atoms with Crippen molar-refractivity contribution in [2.75, 3.05) is 27.2 Å². The zero-order valence-electron chi connectivity index (χ0n) is 14.3. The van der Waals surface area contributed by atoms with Crippen molar-refractivity contribution in [2.24, 2.45) is 0 Å². The van der Waals surface area contributed by atoms with Gasteiger partial charge in [0.05, 0.1) is 18.2 Å². The van der Waals surface area contributed by atoms with Crippen LogP contribution in [0.4, 0.5) is 4.39 Å². The summed E-state index contributed by atoms with van der Waals surface area (Å²) in [4.78, 5) is 26.1. The van der Waals surface area contributed by atoms with Crippen molar-refractivity contribution in [2.45, 2.75) is 6.04 Å². The molecule has 2 rings (SSSR count). The molecular weight excluding hydrogens is 321 g/mol. The Morgan fingerprint density at radius 2 is 1.68 bits per heavy atom. The normalized spacial score (nSPS) is 11.8. The number of carbonyl (C=O) groups excluding carboxylic acids is 2. The Morgan fingerprint density at radius 1 is 1.04 bits per heavy atom. The average Bonchev–Trinajstić information content (AvgIpc) is 2.60. The summed E-state index contributed by atoms with van der Waals surface area (Å²) >= 11 is 0. The van der Waals surface area contributed by atoms with Crippen LogP contribution < -0.4 is 10.6 Å². The second-order valence-corrected chi connectivity index (χ2v) is 5.96. The van der Waals surface area contributed by atoms with E-state index in [-0.39, 0.29) is 24.1 Å². The first-order valence-electron chi connectivity index (χ1n) is 7.99. The summed E-state index contributed by atoms with van der Waals surface area (Å²) in [5, 5.41) is 5.34. The lowest BCUT2D eigenvalue weighted by atomic mass is 10.1. The second kappa shape index (κ2) is 8.94. The summed E-state index contributed by atoms with van der Waals surface area (Å²) in [5.74, 6) is -1.56. The summed E-state index contributed by atoms with van der Waals surface area (Å²) < 4.78 is 13.6. The zero-order valence-corrected chi connectivity index (χ0v) is 14.3. The number of amides is 2. The highest BCUT2D eigenvalue weighted by molar-refractivity contribution is 5.96. The van der Waals surface area contributed by atoms with Crippen LogP contribution in [-0.2, 0) is 4.79 Å². The molecule has 6 heteroatoms. The van der Waals surface area contributed by atoms with Crippen LogP contribution in [0.1, 0.15) is 22.0 Å². The Morgan fingerprint density at radius 3 is 2.32 bits per heavy atom. The maximum absolute atomic E-state index is 13.6. The van der Waals surface area contributed by atoms with E-state index < -0.39 is 11.7 Å². The highest BCUT2D eigenvalue weighted by Crippen LogP contribution is 2.13. The number of likely N-dealkylation sites (N-methyl/N-ethyl adjacent to an activating group) is 1. The standard InChI is InChI=1S/C19H22FN3O2/c1-23(2)13-17(14-8-4-3-5-9-14)22-18(24)12-21-19(25)15-10-6-7-11-16(15)20/h3-11,17H,12-13H2,1-2H3,(H,21,25)(H,22,24)/t17-/m1/s1. The molecule has 0 aliphatic carbocycles. The molecule has 0 aliphatic rings. The van der Waals surface area contributed by atoms with Gasteiger partial charge in [-0.2, -0.15) is 0 Å². The van der Waals surface area contributed by atoms with Crippen LogP contribution in [0.5, 0.6) is 0 Å². The average molecular weight is 343 g/mol. The predicted molar refractivity (Wildman–Crippen MR) is 94.6 cm³/mol. The van der Waals surface area contributed by atoms with Crippen molar-refractivity contribution in [1.82, 2.24) is 15.5 Å². The topological polar surface area (TPSA) is 61.4 Å². The number of nitrogens with zero attached hydrogens (tertiary/aromatic N) is 1. The molecule has 2 N–H and O–H groups in total. The van der Waals surface area contributed by atoms with Gasteiger partial charge in [-0.15, -0.1) is 0 Å². The molecule has 0 unspecified atom stereocenters. The van der Waals surface area contributed by atoms with Crippen molar-refractivity contribution in [3.63, 3.8) is 0 Å². The smallest absolute Gasteiger partial charge is 0.254 e. The largest absolute Gasteiger partial charge is 0.346 e. The van der Waals surface area contributed by atoms with Gasteiger partial charge < -0.3 is 15.5 Å². The number of nitrogens with one attached hydrogen (secondary N) is 2. The summed E-state index contributed by atoms with van der Waals surface area (Å²) in [7, 11) is 3.84. The van der Waals surface area contributed by atoms with Gasteiger partial charge in [0.25, 0.3) is 5.91 Å². The molecule has 1 atom stereocenters. The van der Waals surface area contributed by atoms with Crippen LogP contribution in [0.3, 0.4) is 0 Å². The summed E-state index contributed by atoms with van der Waals surface area (Å²) in [6, 6.07) is 15.1. The van der Waals surface area contributed by atoms with Gasteiger partial charge in [-0.3, -0.25) is 9.59 Å². The summed E-state index contributed by atoms with van der Waals surface area (Å²) in [6.07, 6.45) is 0. The third kappa shape index (κ3) is 5.69. The molecule has 0 aromatic heterocycles. The number of rotatable bonds is 7. The van der Waals surface area contributed by atoms with Crippen molar-refractivity contribution in [3.8, 4) is 0 Å². The first kappa shape index (κ1) is 18.6. The van der Waals surface area contributed by atoms with E-state index >= 15 is 0 Å². The molecule has 2 aromatic carbocycles. The van der Waals surface area contributed by atoms with Crippen molar-refractivity contribution >= 4 is 11.8 Å². The van der Waals surface area contributed by atoms with Crippen LogP contribution in [0.15, 0.2) is 54.6 Å². The quantitative estimate of drug-likeness (QED) is 0.808. The van der Waals surface area contributed by atoms with E-state index in [1.54, 1.807) is 6.07 Å². The molecule has 5 nitrogen and oxygen atoms in total. The maximum atomic E-state index is 13.6. The van der Waals surface area contributed by atoms with Crippen LogP contribution >= 0.6 is 0 Å². The third-order valence-electron chi connectivity index (χ3n) is 3.61. The first-order valence-corrected chi connectivity index (χ1v) is 7.99. The number of hydrogen-bond acceptors (Lipinski definition) is 3. The minimum atomic E-state index is -0.616. The molecule has 0 aliphatic heterocycles. The van der Waals surface area contributed by atoms with Crippen LogP contribution in [-0.4, -0.2) is 43.9 Å². The fraction of sp³-hybridized carbons (Fsp3) is 0.263. The van der Waals surface area contributed by atoms with Crippen molar-refractivity contribution in [3.05, 3.63) is 71.5 Å². The molecule has 0 heterocycles. The number of carbonyl (C=O) groups is 2. The van der Waals surface area contributed by atoms with Gasteiger partial charge in [0.15, 0.2) is 0 Å². The van der Waals surface area contributed by atoms with Gasteiger partial charge in [0.2, 0.25) is 5.91 Å². The molecular formula is C19H22FN3O2. The van der Waals surface area contributed by atoms with Gasteiger partial charge >= 0.3 is 0 Å². The molecule has 0 spiro atoms. The summed E-state index contributed by atoms with van der Waals surface area (Å²) in [6.45, 7) is 0.404. The monoisotopic (exact) mass is 343 g/mol. The highest BCUT2D eigenvalue weighted by Gasteiger charge is 2.17. The van der Waals surface area contributed by atoms with Crippen molar-refractivity contribution < 1.29 is 14.0 Å². The minimum Gasteiger partial charge on any atom is -0.346 e. The lowest BCUT2D eigenvalue weighted by Crippen LogP contribution is -2.41. The van der Waals surface area contributed by atoms with E-state index in [0.29, 0.717) is 6.54 Å². The third-order valence-corrected chi connectivity index (χ3v) is 3.61. The Balaban J connectivity index is 1.95. The van der Waals surface area contributed by atoms with E-state index in [0.717, 1.165) is 5.56 Å². The van der Waals surface area contributed by atoms with E-state index in [2.05, 4.69) is 10.6 Å². The number of benzene rings is 2. The van der Waals surface area contributed by atoms with Crippen LogP contribution in [0, 0.1) is 5.82 Å². The molecule has 25 heavy (non-hydrogen) atoms. The van der Waals surface area contributed by atoms with Gasteiger partial charge in [-0.05, 0) is 31.8 Å². The van der Waals surface area contributed by atoms with Gasteiger partial charge in [0.1, 0.15) is 5.82 Å². The Labute approximate surface area is 146 Å². The zero-order chi connectivity index (χ0) is 18.2. The van der Waals surface area contributed by atoms with Gasteiger partial charge in [-0.25, -0.2) is 4.39 Å². The lowest BCUT2D eigenvalue weighted by Gasteiger charge is -2.23. The Kier molecular flexibility index (Phi) is 6.65. The maximum Gasteiger partial charge on any atom is 0.254 e. The van der Waals surface area contributed by atoms with Gasteiger partial charge in [0, 0.05) is 6.54 Å². The molecule has 0 radical (unpaired) electrons. The highest BCUT2D eigenvalue weighted by atomic mass is 19.1. The van der Waals surface area contributed by atoms with E-state index in [4.69, 9.17) is 0 Å². The van der Waals surface area contributed by atoms with E-state index in [1.807, 2.05) is 49.3 Å². The second-order valence-electron chi connectivity index (χ2n) is 5.96. The Bertz CT molecular complexity index is 720. The van der Waals surface area contributed by atoms with E-state index in [1.165, 1.54) is 18.2 Å². The number of halogens is 1. The molecule has 2 aromatic rings. The molecule has 0 saturated carbocycles. The predicted octanol–water partition coefficient (Wildman–Crippen LogP) is 1.97. The lowest BCUT2D eigenvalue weighted by molar-refractivity contribution is -0.121. The van der Waals surface area contributed by atoms with Crippen LogP contribution in [0.25, 0.3) is 0 Å².